The van der Waals surface area contributed by atoms with Crippen LogP contribution in [0.5, 0.6) is 0 Å². The van der Waals surface area contributed by atoms with Gasteiger partial charge in [-0.25, -0.2) is 0 Å². The molecule has 8 heteroatoms. The lowest BCUT2D eigenvalue weighted by Gasteiger charge is -2.12. The molecule has 24 heavy (non-hydrogen) atoms. The second kappa shape index (κ2) is 5.83. The van der Waals surface area contributed by atoms with Gasteiger partial charge in [0.1, 0.15) is 0 Å². The third-order valence-corrected chi connectivity index (χ3v) is 3.85. The fraction of sp³-hybridized carbons (Fsp3) is 0.125. The monoisotopic (exact) mass is 354 g/mol. The van der Waals surface area contributed by atoms with Crippen LogP contribution in [-0.2, 0) is 17.4 Å². The number of alkyl halides is 3. The van der Waals surface area contributed by atoms with E-state index < -0.39 is 22.7 Å². The first-order chi connectivity index (χ1) is 11.2. The van der Waals surface area contributed by atoms with Gasteiger partial charge in [0.15, 0.2) is 0 Å². The van der Waals surface area contributed by atoms with Crippen LogP contribution in [0.1, 0.15) is 21.5 Å². The van der Waals surface area contributed by atoms with E-state index in [-0.39, 0.29) is 23.6 Å². The molecular formula is C16H10ClF3N2O2. The van der Waals surface area contributed by atoms with Gasteiger partial charge in [-0.05, 0) is 42.0 Å². The fourth-order valence-electron chi connectivity index (χ4n) is 2.39. The van der Waals surface area contributed by atoms with Gasteiger partial charge in [-0.1, -0.05) is 11.6 Å². The SMILES string of the molecule is O=C1Cc2cc(C(=O)Nc3ccc(Cl)c(C(F)(F)F)c3)ccc2N1. The number of hydrogen-bond donors (Lipinski definition) is 2. The summed E-state index contributed by atoms with van der Waals surface area (Å²) in [4.78, 5) is 23.5. The average Bonchev–Trinajstić information content (AvgIpc) is 2.87. The predicted octanol–water partition coefficient (Wildman–Crippen LogP) is 4.11. The topological polar surface area (TPSA) is 58.2 Å². The lowest BCUT2D eigenvalue weighted by atomic mass is 10.1. The number of benzene rings is 2. The smallest absolute Gasteiger partial charge is 0.326 e. The first kappa shape index (κ1) is 16.3. The van der Waals surface area contributed by atoms with Crippen molar-refractivity contribution < 1.29 is 22.8 Å². The van der Waals surface area contributed by atoms with Gasteiger partial charge in [0.25, 0.3) is 5.91 Å². The Hall–Kier alpha value is -2.54. The van der Waals surface area contributed by atoms with Crippen molar-refractivity contribution in [2.24, 2.45) is 0 Å². The minimum Gasteiger partial charge on any atom is -0.326 e. The van der Waals surface area contributed by atoms with E-state index in [9.17, 15) is 22.8 Å². The number of fused-ring (bicyclic) bond motifs is 1. The molecule has 1 aliphatic rings. The highest BCUT2D eigenvalue weighted by molar-refractivity contribution is 6.31. The maximum Gasteiger partial charge on any atom is 0.417 e. The highest BCUT2D eigenvalue weighted by atomic mass is 35.5. The molecule has 2 aromatic carbocycles. The van der Waals surface area contributed by atoms with Crippen LogP contribution < -0.4 is 10.6 Å². The Kier molecular flexibility index (Phi) is 3.96. The van der Waals surface area contributed by atoms with E-state index in [1.807, 2.05) is 0 Å². The minimum absolute atomic E-state index is 0.0218. The Morgan fingerprint density at radius 1 is 1.17 bits per heavy atom. The summed E-state index contributed by atoms with van der Waals surface area (Å²) in [6, 6.07) is 7.74. The van der Waals surface area contributed by atoms with Crippen LogP contribution in [0, 0.1) is 0 Å². The quantitative estimate of drug-likeness (QED) is 0.852. The zero-order valence-corrected chi connectivity index (χ0v) is 12.8. The van der Waals surface area contributed by atoms with Gasteiger partial charge in [-0.2, -0.15) is 13.2 Å². The van der Waals surface area contributed by atoms with Crippen molar-refractivity contribution in [3.05, 3.63) is 58.1 Å². The van der Waals surface area contributed by atoms with Gasteiger partial charge in [-0.15, -0.1) is 0 Å². The molecule has 0 aromatic heterocycles. The number of nitrogens with one attached hydrogen (secondary N) is 2. The summed E-state index contributed by atoms with van der Waals surface area (Å²) >= 11 is 5.54. The first-order valence-corrected chi connectivity index (χ1v) is 7.23. The Bertz CT molecular complexity index is 850. The lowest BCUT2D eigenvalue weighted by molar-refractivity contribution is -0.137. The average molecular weight is 355 g/mol. The third kappa shape index (κ3) is 3.21. The molecule has 0 fully saturated rings. The summed E-state index contributed by atoms with van der Waals surface area (Å²) in [5, 5.41) is 4.59. The molecule has 1 aliphatic heterocycles. The molecule has 0 saturated carbocycles. The lowest BCUT2D eigenvalue weighted by Crippen LogP contribution is -2.13. The van der Waals surface area contributed by atoms with E-state index in [4.69, 9.17) is 11.6 Å². The number of anilines is 2. The van der Waals surface area contributed by atoms with E-state index in [1.165, 1.54) is 18.2 Å². The first-order valence-electron chi connectivity index (χ1n) is 6.85. The van der Waals surface area contributed by atoms with Crippen LogP contribution in [-0.4, -0.2) is 11.8 Å². The van der Waals surface area contributed by atoms with Crippen molar-refractivity contribution in [3.63, 3.8) is 0 Å². The maximum atomic E-state index is 12.8. The second-order valence-electron chi connectivity index (χ2n) is 5.24. The molecule has 0 unspecified atom stereocenters. The van der Waals surface area contributed by atoms with Gasteiger partial charge in [0.05, 0.1) is 17.0 Å². The molecule has 2 aromatic rings. The van der Waals surface area contributed by atoms with Gasteiger partial charge in [0, 0.05) is 16.9 Å². The van der Waals surface area contributed by atoms with Gasteiger partial charge in [0.2, 0.25) is 5.91 Å². The highest BCUT2D eigenvalue weighted by Crippen LogP contribution is 2.36. The molecule has 0 spiro atoms. The van der Waals surface area contributed by atoms with Crippen LogP contribution in [0.3, 0.4) is 0 Å². The summed E-state index contributed by atoms with van der Waals surface area (Å²) in [7, 11) is 0. The van der Waals surface area contributed by atoms with Crippen LogP contribution in [0.4, 0.5) is 24.5 Å². The summed E-state index contributed by atoms with van der Waals surface area (Å²) in [5.41, 5.74) is 0.494. The molecule has 0 atom stereocenters. The van der Waals surface area contributed by atoms with E-state index in [2.05, 4.69) is 10.6 Å². The number of halogens is 4. The van der Waals surface area contributed by atoms with E-state index in [0.29, 0.717) is 11.3 Å². The van der Waals surface area contributed by atoms with Gasteiger partial charge < -0.3 is 10.6 Å². The van der Waals surface area contributed by atoms with Crippen molar-refractivity contribution in [2.45, 2.75) is 12.6 Å². The highest BCUT2D eigenvalue weighted by Gasteiger charge is 2.33. The standard InChI is InChI=1S/C16H10ClF3N2O2/c17-12-3-2-10(7-11(12)16(18,19)20)21-15(24)8-1-4-13-9(5-8)6-14(23)22-13/h1-5,7H,6H2,(H,21,24)(H,22,23). The molecule has 0 saturated heterocycles. The zero-order chi connectivity index (χ0) is 17.5. The zero-order valence-electron chi connectivity index (χ0n) is 12.0. The van der Waals surface area contributed by atoms with Gasteiger partial charge in [-0.3, -0.25) is 9.59 Å². The predicted molar refractivity (Wildman–Crippen MR) is 83.2 cm³/mol. The maximum absolute atomic E-state index is 12.8. The third-order valence-electron chi connectivity index (χ3n) is 3.52. The van der Waals surface area contributed by atoms with Crippen LogP contribution in [0.25, 0.3) is 0 Å². The molecule has 3 rings (SSSR count). The summed E-state index contributed by atoms with van der Waals surface area (Å²) in [5.74, 6) is -0.748. The van der Waals surface area contributed by atoms with E-state index >= 15 is 0 Å². The Morgan fingerprint density at radius 2 is 1.92 bits per heavy atom. The number of rotatable bonds is 2. The molecular weight excluding hydrogens is 345 g/mol. The Balaban J connectivity index is 1.83. The van der Waals surface area contributed by atoms with Gasteiger partial charge >= 0.3 is 6.18 Å². The van der Waals surface area contributed by atoms with Crippen molar-refractivity contribution in [1.82, 2.24) is 0 Å². The molecule has 1 heterocycles. The van der Waals surface area contributed by atoms with Crippen LogP contribution in [0.15, 0.2) is 36.4 Å². The van der Waals surface area contributed by atoms with Crippen molar-refractivity contribution in [1.29, 1.82) is 0 Å². The summed E-state index contributed by atoms with van der Waals surface area (Å²) in [6.45, 7) is 0. The molecule has 0 radical (unpaired) electrons. The normalized spacial score (nSPS) is 13.4. The molecule has 4 nitrogen and oxygen atoms in total. The number of carbonyl (C=O) groups is 2. The van der Waals surface area contributed by atoms with Crippen molar-refractivity contribution >= 4 is 34.8 Å². The second-order valence-corrected chi connectivity index (χ2v) is 5.65. The van der Waals surface area contributed by atoms with Crippen LogP contribution >= 0.6 is 11.6 Å². The molecule has 2 amide bonds. The van der Waals surface area contributed by atoms with E-state index in [0.717, 1.165) is 12.1 Å². The molecule has 2 N–H and O–H groups in total. The number of amides is 2. The number of carbonyl (C=O) groups excluding carboxylic acids is 2. The molecule has 124 valence electrons. The Morgan fingerprint density at radius 3 is 2.62 bits per heavy atom. The molecule has 0 bridgehead atoms. The molecule has 0 aliphatic carbocycles. The minimum atomic E-state index is -4.61. The summed E-state index contributed by atoms with van der Waals surface area (Å²) in [6.07, 6.45) is -4.45. The van der Waals surface area contributed by atoms with E-state index in [1.54, 1.807) is 6.07 Å². The largest absolute Gasteiger partial charge is 0.417 e. The summed E-state index contributed by atoms with van der Waals surface area (Å²) < 4.78 is 38.5. The fourth-order valence-corrected chi connectivity index (χ4v) is 2.62. The number of hydrogen-bond acceptors (Lipinski definition) is 2. The Labute approximate surface area is 139 Å². The van der Waals surface area contributed by atoms with Crippen molar-refractivity contribution in [2.75, 3.05) is 10.6 Å². The van der Waals surface area contributed by atoms with Crippen LogP contribution in [0.2, 0.25) is 5.02 Å². The van der Waals surface area contributed by atoms with Crippen molar-refractivity contribution in [3.8, 4) is 0 Å².